The van der Waals surface area contributed by atoms with Crippen LogP contribution in [0.3, 0.4) is 0 Å². The molecule has 2 aromatic carbocycles. The molecule has 6 heteroatoms. The molecule has 0 bridgehead atoms. The van der Waals surface area contributed by atoms with E-state index in [0.29, 0.717) is 11.2 Å². The Labute approximate surface area is 156 Å². The van der Waals surface area contributed by atoms with Crippen LogP contribution >= 0.6 is 50.7 Å². The van der Waals surface area contributed by atoms with Crippen molar-refractivity contribution in [2.24, 2.45) is 0 Å². The maximum absolute atomic E-state index is 5.92. The monoisotopic (exact) mass is 424 g/mol. The van der Waals surface area contributed by atoms with Gasteiger partial charge in [0.25, 0.3) is 0 Å². The Morgan fingerprint density at radius 3 is 2.26 bits per heavy atom. The summed E-state index contributed by atoms with van der Waals surface area (Å²) < 4.78 is -0.702. The molecule has 0 radical (unpaired) electrons. The molecule has 1 aromatic heterocycles. The van der Waals surface area contributed by atoms with E-state index in [0.717, 1.165) is 15.4 Å². The number of para-hydroxylation sites is 1. The average Bonchev–Trinajstić information content (AvgIpc) is 2.53. The van der Waals surface area contributed by atoms with Crippen molar-refractivity contribution < 1.29 is 0 Å². The van der Waals surface area contributed by atoms with E-state index in [1.165, 1.54) is 0 Å². The molecule has 2 nitrogen and oxygen atoms in total. The van der Waals surface area contributed by atoms with Crippen molar-refractivity contribution in [2.75, 3.05) is 0 Å². The van der Waals surface area contributed by atoms with Crippen LogP contribution in [0.25, 0.3) is 10.9 Å². The van der Waals surface area contributed by atoms with Crippen molar-refractivity contribution in [2.45, 2.75) is 3.79 Å². The van der Waals surface area contributed by atoms with Gasteiger partial charge in [-0.3, -0.25) is 0 Å². The second kappa shape index (κ2) is 6.67. The molecule has 0 amide bonds. The fourth-order valence-corrected chi connectivity index (χ4v) is 2.48. The second-order valence-corrected chi connectivity index (χ2v) is 7.86. The minimum Gasteiger partial charge on any atom is -0.228 e. The lowest BCUT2D eigenvalue weighted by molar-refractivity contribution is 0.987. The number of aromatic nitrogens is 2. The van der Waals surface area contributed by atoms with Crippen molar-refractivity contribution in [1.82, 2.24) is 9.97 Å². The second-order valence-electron chi connectivity index (χ2n) is 4.67. The zero-order chi connectivity index (χ0) is 16.4. The van der Waals surface area contributed by atoms with Crippen LogP contribution in [-0.4, -0.2) is 9.97 Å². The summed E-state index contributed by atoms with van der Waals surface area (Å²) in [5.74, 6) is 6.22. The highest BCUT2D eigenvalue weighted by Gasteiger charge is 2.27. The predicted octanol–water partition coefficient (Wildman–Crippen LogP) is 5.62. The fourth-order valence-electron chi connectivity index (χ4n) is 1.96. The fraction of sp³-hybridized carbons (Fsp3) is 0.0588. The molecular formula is C17H8BrCl3N2. The number of halogens is 4. The highest BCUT2D eigenvalue weighted by Crippen LogP contribution is 2.36. The minimum atomic E-state index is -1.70. The summed E-state index contributed by atoms with van der Waals surface area (Å²) in [6.07, 6.45) is 0. The van der Waals surface area contributed by atoms with Crippen LogP contribution in [0.1, 0.15) is 17.1 Å². The molecule has 0 spiro atoms. The first-order chi connectivity index (χ1) is 10.9. The quantitative estimate of drug-likeness (QED) is 0.344. The van der Waals surface area contributed by atoms with Crippen molar-refractivity contribution in [3.63, 3.8) is 0 Å². The van der Waals surface area contributed by atoms with E-state index < -0.39 is 3.79 Å². The Morgan fingerprint density at radius 1 is 0.870 bits per heavy atom. The summed E-state index contributed by atoms with van der Waals surface area (Å²) in [5.41, 5.74) is 2.08. The molecule has 0 atom stereocenters. The Hall–Kier alpha value is -1.31. The number of rotatable bonds is 0. The molecule has 3 rings (SSSR count). The lowest BCUT2D eigenvalue weighted by Gasteiger charge is -2.10. The zero-order valence-corrected chi connectivity index (χ0v) is 15.4. The third kappa shape index (κ3) is 3.97. The van der Waals surface area contributed by atoms with E-state index >= 15 is 0 Å². The van der Waals surface area contributed by atoms with Gasteiger partial charge in [0.1, 0.15) is 5.69 Å². The summed E-state index contributed by atoms with van der Waals surface area (Å²) in [6.45, 7) is 0. The van der Waals surface area contributed by atoms with Crippen LogP contribution in [0.4, 0.5) is 0 Å². The molecule has 0 saturated carbocycles. The van der Waals surface area contributed by atoms with Crippen LogP contribution in [-0.2, 0) is 3.79 Å². The molecule has 0 fully saturated rings. The number of fused-ring (bicyclic) bond motifs is 1. The molecule has 0 N–H and O–H groups in total. The highest BCUT2D eigenvalue weighted by atomic mass is 79.9. The summed E-state index contributed by atoms with van der Waals surface area (Å²) in [6, 6.07) is 15.2. The van der Waals surface area contributed by atoms with Crippen molar-refractivity contribution in [1.29, 1.82) is 0 Å². The van der Waals surface area contributed by atoms with E-state index in [-0.39, 0.29) is 5.82 Å². The summed E-state index contributed by atoms with van der Waals surface area (Å²) in [5, 5.41) is 0.815. The van der Waals surface area contributed by atoms with Crippen LogP contribution in [0.5, 0.6) is 0 Å². The molecule has 1 heterocycles. The molecule has 0 aliphatic carbocycles. The van der Waals surface area contributed by atoms with E-state index in [9.17, 15) is 0 Å². The van der Waals surface area contributed by atoms with Gasteiger partial charge in [0.05, 0.1) is 5.52 Å². The molecule has 0 aliphatic rings. The summed E-state index contributed by atoms with van der Waals surface area (Å²) >= 11 is 21.1. The van der Waals surface area contributed by atoms with Gasteiger partial charge in [-0.05, 0) is 42.3 Å². The molecule has 0 saturated heterocycles. The first-order valence-electron chi connectivity index (χ1n) is 6.55. The van der Waals surface area contributed by atoms with Gasteiger partial charge in [0.2, 0.25) is 3.79 Å². The van der Waals surface area contributed by atoms with Crippen LogP contribution < -0.4 is 0 Å². The molecule has 23 heavy (non-hydrogen) atoms. The Balaban J connectivity index is 2.14. The van der Waals surface area contributed by atoms with Gasteiger partial charge in [0.15, 0.2) is 5.82 Å². The lowest BCUT2D eigenvalue weighted by atomic mass is 10.1. The van der Waals surface area contributed by atoms with Gasteiger partial charge >= 0.3 is 0 Å². The average molecular weight is 427 g/mol. The van der Waals surface area contributed by atoms with Gasteiger partial charge in [-0.25, -0.2) is 9.97 Å². The van der Waals surface area contributed by atoms with Crippen LogP contribution in [0.15, 0.2) is 53.0 Å². The zero-order valence-electron chi connectivity index (χ0n) is 11.5. The van der Waals surface area contributed by atoms with Crippen LogP contribution in [0.2, 0.25) is 0 Å². The molecule has 3 aromatic rings. The van der Waals surface area contributed by atoms with E-state index in [4.69, 9.17) is 34.8 Å². The van der Waals surface area contributed by atoms with Gasteiger partial charge in [-0.2, -0.15) is 0 Å². The maximum Gasteiger partial charge on any atom is 0.250 e. The van der Waals surface area contributed by atoms with Crippen molar-refractivity contribution in [3.05, 3.63) is 70.1 Å². The first kappa shape index (κ1) is 16.5. The summed E-state index contributed by atoms with van der Waals surface area (Å²) in [7, 11) is 0. The Morgan fingerprint density at radius 2 is 1.57 bits per heavy atom. The van der Waals surface area contributed by atoms with Gasteiger partial charge < -0.3 is 0 Å². The first-order valence-corrected chi connectivity index (χ1v) is 8.48. The molecule has 0 unspecified atom stereocenters. The van der Waals surface area contributed by atoms with Gasteiger partial charge in [0, 0.05) is 15.4 Å². The minimum absolute atomic E-state index is 0.112. The summed E-state index contributed by atoms with van der Waals surface area (Å²) in [4.78, 5) is 8.61. The molecule has 0 aliphatic heterocycles. The SMILES string of the molecule is ClC(Cl)(Cl)c1nc(C#Cc2ccc(Br)cc2)c2ccccc2n1. The smallest absolute Gasteiger partial charge is 0.228 e. The third-order valence-electron chi connectivity index (χ3n) is 3.03. The van der Waals surface area contributed by atoms with E-state index in [1.54, 1.807) is 0 Å². The molecule has 114 valence electrons. The predicted molar refractivity (Wildman–Crippen MR) is 98.9 cm³/mol. The highest BCUT2D eigenvalue weighted by molar-refractivity contribution is 9.10. The van der Waals surface area contributed by atoms with Gasteiger partial charge in [-0.15, -0.1) is 0 Å². The van der Waals surface area contributed by atoms with Crippen molar-refractivity contribution >= 4 is 61.6 Å². The topological polar surface area (TPSA) is 25.8 Å². The lowest BCUT2D eigenvalue weighted by Crippen LogP contribution is -2.08. The number of nitrogens with zero attached hydrogens (tertiary/aromatic N) is 2. The van der Waals surface area contributed by atoms with Gasteiger partial charge in [-0.1, -0.05) is 68.8 Å². The maximum atomic E-state index is 5.92. The largest absolute Gasteiger partial charge is 0.250 e. The number of hydrogen-bond donors (Lipinski definition) is 0. The molecular weight excluding hydrogens is 418 g/mol. The van der Waals surface area contributed by atoms with Crippen LogP contribution in [0, 0.1) is 11.8 Å². The standard InChI is InChI=1S/C17H8BrCl3N2/c18-12-8-5-11(6-9-12)7-10-15-13-3-1-2-4-14(13)22-16(23-15)17(19,20)21/h1-6,8-9H. The van der Waals surface area contributed by atoms with Crippen molar-refractivity contribution in [3.8, 4) is 11.8 Å². The van der Waals surface area contributed by atoms with E-state index in [2.05, 4.69) is 37.7 Å². The number of benzene rings is 2. The van der Waals surface area contributed by atoms with E-state index in [1.807, 2.05) is 48.5 Å². The Bertz CT molecular complexity index is 922. The number of alkyl halides is 3. The number of hydrogen-bond acceptors (Lipinski definition) is 2. The normalized spacial score (nSPS) is 11.1. The Kier molecular flexibility index (Phi) is 4.79. The third-order valence-corrected chi connectivity index (χ3v) is 4.06.